The second-order valence-corrected chi connectivity index (χ2v) is 13.7. The highest BCUT2D eigenvalue weighted by Crippen LogP contribution is 2.39. The summed E-state index contributed by atoms with van der Waals surface area (Å²) in [7, 11) is 1.57. The molecular weight excluding hydrogens is 661 g/mol. The van der Waals surface area contributed by atoms with Crippen LogP contribution in [0.25, 0.3) is 0 Å². The lowest BCUT2D eigenvalue weighted by atomic mass is 9.99. The number of piperazine rings is 1. The first kappa shape index (κ1) is 37.4. The minimum Gasteiger partial charge on any atom is -0.494 e. The van der Waals surface area contributed by atoms with Crippen LogP contribution in [0.2, 0.25) is 5.02 Å². The molecule has 0 aromatic heterocycles. The van der Waals surface area contributed by atoms with Gasteiger partial charge in [0.15, 0.2) is 0 Å². The normalized spacial score (nSPS) is 19.8. The molecule has 0 unspecified atom stereocenters. The predicted octanol–water partition coefficient (Wildman–Crippen LogP) is 4.03. The second-order valence-electron chi connectivity index (χ2n) is 13.3. The third kappa shape index (κ3) is 9.46. The first-order chi connectivity index (χ1) is 24.1. The molecule has 2 saturated heterocycles. The van der Waals surface area contributed by atoms with Gasteiger partial charge in [0.2, 0.25) is 5.91 Å². The van der Waals surface area contributed by atoms with Crippen LogP contribution in [0.1, 0.15) is 44.6 Å². The number of rotatable bonds is 15. The molecule has 5 rings (SSSR count). The number of nitrogens with zero attached hydrogens (tertiary/aromatic N) is 3. The number of nitrogens with two attached hydrogens (primary N) is 1. The molecule has 3 aliphatic rings. The first-order valence-electron chi connectivity index (χ1n) is 17.4. The number of ether oxygens (including phenoxy) is 1. The van der Waals surface area contributed by atoms with E-state index in [1.54, 1.807) is 25.3 Å². The summed E-state index contributed by atoms with van der Waals surface area (Å²) in [6, 6.07) is 9.88. The van der Waals surface area contributed by atoms with Crippen LogP contribution in [0.15, 0.2) is 54.9 Å². The van der Waals surface area contributed by atoms with Crippen molar-refractivity contribution in [2.24, 2.45) is 5.84 Å². The summed E-state index contributed by atoms with van der Waals surface area (Å²) < 4.78 is 20.4. The van der Waals surface area contributed by atoms with Crippen molar-refractivity contribution in [3.63, 3.8) is 0 Å². The zero-order valence-corrected chi connectivity index (χ0v) is 29.7. The minimum atomic E-state index is -0.525. The number of aliphatic hydroxyl groups is 1. The van der Waals surface area contributed by atoms with E-state index in [-0.39, 0.29) is 42.0 Å². The Morgan fingerprint density at radius 2 is 1.92 bits per heavy atom. The molecule has 50 heavy (non-hydrogen) atoms. The average Bonchev–Trinajstić information content (AvgIpc) is 3.96. The monoisotopic (exact) mass is 711 g/mol. The van der Waals surface area contributed by atoms with Gasteiger partial charge in [0.1, 0.15) is 23.2 Å². The van der Waals surface area contributed by atoms with Gasteiger partial charge in [-0.2, -0.15) is 0 Å². The largest absolute Gasteiger partial charge is 0.494 e. The number of hydrogen-bond acceptors (Lipinski definition) is 10. The third-order valence-corrected chi connectivity index (χ3v) is 10.1. The smallest absolute Gasteiger partial charge is 0.247 e. The van der Waals surface area contributed by atoms with Gasteiger partial charge in [-0.15, -0.1) is 0 Å². The molecule has 0 spiro atoms. The summed E-state index contributed by atoms with van der Waals surface area (Å²) in [6.07, 6.45) is 7.87. The molecule has 2 heterocycles. The highest BCUT2D eigenvalue weighted by atomic mass is 35.5. The van der Waals surface area contributed by atoms with Crippen molar-refractivity contribution in [1.29, 1.82) is 5.41 Å². The highest BCUT2D eigenvalue weighted by molar-refractivity contribution is 6.30. The van der Waals surface area contributed by atoms with Crippen molar-refractivity contribution < 1.29 is 19.0 Å². The van der Waals surface area contributed by atoms with Gasteiger partial charge in [-0.25, -0.2) is 10.2 Å². The number of amides is 1. The number of nitrogens with one attached hydrogen (secondary N) is 5. The molecular formula is C36H51ClFN9O3. The average molecular weight is 712 g/mol. The van der Waals surface area contributed by atoms with Crippen molar-refractivity contribution in [3.05, 3.63) is 71.3 Å². The molecule has 2 aliphatic heterocycles. The van der Waals surface area contributed by atoms with Crippen LogP contribution in [0.4, 0.5) is 21.5 Å². The first-order valence-corrected chi connectivity index (χ1v) is 17.8. The van der Waals surface area contributed by atoms with Gasteiger partial charge in [0.25, 0.3) is 0 Å². The fraction of sp³-hybridized carbons (Fsp3) is 0.500. The van der Waals surface area contributed by atoms with Crippen LogP contribution in [0.3, 0.4) is 0 Å². The van der Waals surface area contributed by atoms with Crippen molar-refractivity contribution in [1.82, 2.24) is 20.5 Å². The number of carbonyl (C=O) groups excluding carboxylic acids is 1. The summed E-state index contributed by atoms with van der Waals surface area (Å²) in [5.41, 5.74) is 4.87. The van der Waals surface area contributed by atoms with E-state index in [0.717, 1.165) is 57.3 Å². The summed E-state index contributed by atoms with van der Waals surface area (Å²) in [6.45, 7) is 10.9. The molecule has 14 heteroatoms. The molecule has 1 amide bonds. The number of amidine groups is 1. The Morgan fingerprint density at radius 1 is 1.16 bits per heavy atom. The van der Waals surface area contributed by atoms with Crippen molar-refractivity contribution in [2.45, 2.75) is 69.6 Å². The molecule has 8 N–H and O–H groups in total. The molecule has 3 fully saturated rings. The van der Waals surface area contributed by atoms with E-state index in [9.17, 15) is 14.3 Å². The summed E-state index contributed by atoms with van der Waals surface area (Å²) in [5.74, 6) is 5.72. The lowest BCUT2D eigenvalue weighted by Gasteiger charge is -2.46. The number of anilines is 3. The summed E-state index contributed by atoms with van der Waals surface area (Å²) in [5, 5.41) is 27.4. The lowest BCUT2D eigenvalue weighted by molar-refractivity contribution is -0.111. The highest BCUT2D eigenvalue weighted by Gasteiger charge is 2.37. The van der Waals surface area contributed by atoms with Gasteiger partial charge >= 0.3 is 0 Å². The maximum atomic E-state index is 14.6. The minimum absolute atomic E-state index is 0.0134. The summed E-state index contributed by atoms with van der Waals surface area (Å²) in [4.78, 5) is 20.2. The fourth-order valence-electron chi connectivity index (χ4n) is 7.15. The Labute approximate surface area is 299 Å². The number of methoxy groups -OCH3 is 1. The van der Waals surface area contributed by atoms with Crippen LogP contribution in [-0.2, 0) is 11.2 Å². The Kier molecular flexibility index (Phi) is 13.0. The van der Waals surface area contributed by atoms with Gasteiger partial charge in [-0.1, -0.05) is 30.3 Å². The van der Waals surface area contributed by atoms with E-state index in [1.165, 1.54) is 31.1 Å². The molecule has 2 aromatic carbocycles. The number of hydrogen-bond donors (Lipinski definition) is 7. The van der Waals surface area contributed by atoms with Crippen LogP contribution in [0, 0.1) is 11.2 Å². The second kappa shape index (κ2) is 17.4. The van der Waals surface area contributed by atoms with E-state index in [2.05, 4.69) is 49.6 Å². The van der Waals surface area contributed by atoms with E-state index >= 15 is 0 Å². The van der Waals surface area contributed by atoms with E-state index in [1.807, 2.05) is 6.07 Å². The number of benzene rings is 2. The van der Waals surface area contributed by atoms with E-state index in [0.29, 0.717) is 34.8 Å². The lowest BCUT2D eigenvalue weighted by Crippen LogP contribution is -2.57. The van der Waals surface area contributed by atoms with Gasteiger partial charge in [0, 0.05) is 75.6 Å². The van der Waals surface area contributed by atoms with Crippen molar-refractivity contribution in [2.75, 3.05) is 62.0 Å². The molecule has 12 nitrogen and oxygen atoms in total. The van der Waals surface area contributed by atoms with E-state index in [4.69, 9.17) is 27.6 Å². The number of carbonyl (C=O) groups is 1. The van der Waals surface area contributed by atoms with Crippen LogP contribution < -0.4 is 36.9 Å². The van der Waals surface area contributed by atoms with Crippen LogP contribution >= 0.6 is 11.6 Å². The van der Waals surface area contributed by atoms with Crippen molar-refractivity contribution in [3.8, 4) is 5.75 Å². The molecule has 1 saturated carbocycles. The van der Waals surface area contributed by atoms with Crippen molar-refractivity contribution >= 4 is 40.4 Å². The standard InChI is InChI=1S/C36H51ClFN9O3/c1-4-35(49)43-29-19-30(42-34(44-40)21-33(39)41-25(12-17-48)18-24-6-5-7-28(37)36(24)38)32(50-3)20-31(29)45-13-10-26(11-14-45)46-15-16-47(23(2)22-46)27-8-9-27/h4-7,19-21,23,25-27,42,44,48H,1,8-18,22,40H2,2-3H3,(H2,39,41)(H,43,49)/b34-21-/t23-,25+/m0/s1. The fourth-order valence-corrected chi connectivity index (χ4v) is 7.34. The Bertz CT molecular complexity index is 1550. The topological polar surface area (TPSA) is 154 Å². The SMILES string of the molecule is C=CC(=O)Nc1cc(N/C(=C/C(=N)N[C@H](CCO)Cc2cccc(Cl)c2F)NN)c(OC)cc1N1CCC(N2CCN(C3CC3)[C@@H](C)C2)CC1. The number of hydrazine groups is 1. The predicted molar refractivity (Wildman–Crippen MR) is 198 cm³/mol. The summed E-state index contributed by atoms with van der Waals surface area (Å²) >= 11 is 5.95. The zero-order valence-electron chi connectivity index (χ0n) is 29.0. The van der Waals surface area contributed by atoms with E-state index < -0.39 is 11.9 Å². The van der Waals surface area contributed by atoms with Crippen LogP contribution in [-0.4, -0.2) is 97.3 Å². The number of piperidine rings is 1. The van der Waals surface area contributed by atoms with Gasteiger partial charge in [0.05, 0.1) is 29.2 Å². The van der Waals surface area contributed by atoms with Gasteiger partial charge < -0.3 is 36.1 Å². The third-order valence-electron chi connectivity index (χ3n) is 9.86. The number of aliphatic hydroxyl groups excluding tert-OH is 1. The molecule has 1 aliphatic carbocycles. The zero-order chi connectivity index (χ0) is 35.8. The molecule has 2 aromatic rings. The maximum absolute atomic E-state index is 14.6. The quantitative estimate of drug-likeness (QED) is 0.0474. The van der Waals surface area contributed by atoms with Gasteiger partial charge in [-0.05, 0) is 69.2 Å². The molecule has 272 valence electrons. The maximum Gasteiger partial charge on any atom is 0.247 e. The number of halogens is 2. The Hall–Kier alpha value is -3.88. The van der Waals surface area contributed by atoms with Crippen LogP contribution in [0.5, 0.6) is 5.75 Å². The molecule has 0 radical (unpaired) electrons. The molecule has 2 atom stereocenters. The Balaban J connectivity index is 1.28. The molecule has 0 bridgehead atoms. The Morgan fingerprint density at radius 3 is 2.56 bits per heavy atom. The van der Waals surface area contributed by atoms with Gasteiger partial charge in [-0.3, -0.25) is 20.0 Å².